The van der Waals surface area contributed by atoms with Gasteiger partial charge in [-0.1, -0.05) is 0 Å². The molecule has 0 bridgehead atoms. The van der Waals surface area contributed by atoms with Crippen LogP contribution in [0.15, 0.2) is 6.20 Å². The molecule has 21 heavy (non-hydrogen) atoms. The molecule has 0 unspecified atom stereocenters. The van der Waals surface area contributed by atoms with Crippen molar-refractivity contribution in [2.75, 3.05) is 13.1 Å². The maximum atomic E-state index is 12.2. The highest BCUT2D eigenvalue weighted by Gasteiger charge is 2.32. The predicted molar refractivity (Wildman–Crippen MR) is 78.8 cm³/mol. The van der Waals surface area contributed by atoms with Gasteiger partial charge in [-0.3, -0.25) is 9.58 Å². The predicted octanol–water partition coefficient (Wildman–Crippen LogP) is 2.06. The Labute approximate surface area is 125 Å². The highest BCUT2D eigenvalue weighted by molar-refractivity contribution is 5.69. The summed E-state index contributed by atoms with van der Waals surface area (Å²) in [7, 11) is 0. The van der Waals surface area contributed by atoms with E-state index in [2.05, 4.69) is 15.1 Å². The second-order valence-corrected chi connectivity index (χ2v) is 6.88. The zero-order valence-corrected chi connectivity index (χ0v) is 13.1. The van der Waals surface area contributed by atoms with Gasteiger partial charge in [0.25, 0.3) is 0 Å². The van der Waals surface area contributed by atoms with Gasteiger partial charge in [-0.2, -0.15) is 5.10 Å². The van der Waals surface area contributed by atoms with Crippen LogP contribution in [0.4, 0.5) is 4.79 Å². The first-order chi connectivity index (χ1) is 9.94. The van der Waals surface area contributed by atoms with Crippen LogP contribution in [0.25, 0.3) is 0 Å². The molecule has 6 heteroatoms. The lowest BCUT2D eigenvalue weighted by atomic mass is 10.1. The Morgan fingerprint density at radius 2 is 2.05 bits per heavy atom. The maximum Gasteiger partial charge on any atom is 0.410 e. The molecule has 0 saturated carbocycles. The molecule has 1 saturated heterocycles. The van der Waals surface area contributed by atoms with Gasteiger partial charge in [-0.05, 0) is 46.7 Å². The van der Waals surface area contributed by atoms with Crippen molar-refractivity contribution in [1.82, 2.24) is 20.0 Å². The maximum absolute atomic E-state index is 12.2. The van der Waals surface area contributed by atoms with Crippen molar-refractivity contribution >= 4 is 6.09 Å². The highest BCUT2D eigenvalue weighted by atomic mass is 16.6. The molecule has 1 aromatic rings. The van der Waals surface area contributed by atoms with E-state index < -0.39 is 5.60 Å². The number of rotatable bonds is 1. The van der Waals surface area contributed by atoms with E-state index in [0.29, 0.717) is 19.1 Å². The Morgan fingerprint density at radius 3 is 2.71 bits per heavy atom. The van der Waals surface area contributed by atoms with Crippen LogP contribution < -0.4 is 5.32 Å². The van der Waals surface area contributed by atoms with Crippen molar-refractivity contribution in [2.24, 2.45) is 0 Å². The third-order valence-corrected chi connectivity index (χ3v) is 3.99. The minimum absolute atomic E-state index is 0.240. The number of fused-ring (bicyclic) bond motifs is 1. The number of ether oxygens (including phenoxy) is 1. The van der Waals surface area contributed by atoms with Crippen molar-refractivity contribution in [1.29, 1.82) is 0 Å². The molecule has 3 heterocycles. The van der Waals surface area contributed by atoms with Gasteiger partial charge in [0.05, 0.1) is 31.0 Å². The van der Waals surface area contributed by atoms with E-state index in [-0.39, 0.29) is 6.09 Å². The van der Waals surface area contributed by atoms with Crippen LogP contribution in [0.2, 0.25) is 0 Å². The van der Waals surface area contributed by atoms with E-state index in [9.17, 15) is 4.79 Å². The smallest absolute Gasteiger partial charge is 0.410 e. The summed E-state index contributed by atoms with van der Waals surface area (Å²) >= 11 is 0. The third kappa shape index (κ3) is 3.05. The lowest BCUT2D eigenvalue weighted by Gasteiger charge is -2.26. The SMILES string of the molecule is CC(C)(C)OC(=O)N1Cc2cnn(C3CCNCC3)c2C1. The lowest BCUT2D eigenvalue weighted by molar-refractivity contribution is 0.0237. The lowest BCUT2D eigenvalue weighted by Crippen LogP contribution is -2.34. The summed E-state index contributed by atoms with van der Waals surface area (Å²) < 4.78 is 7.58. The summed E-state index contributed by atoms with van der Waals surface area (Å²) in [5.74, 6) is 0. The zero-order valence-electron chi connectivity index (χ0n) is 13.1. The molecule has 1 fully saturated rings. The number of nitrogens with zero attached hydrogens (tertiary/aromatic N) is 3. The summed E-state index contributed by atoms with van der Waals surface area (Å²) in [6.07, 6.45) is 3.86. The van der Waals surface area contributed by atoms with E-state index in [1.54, 1.807) is 4.90 Å². The van der Waals surface area contributed by atoms with Crippen LogP contribution in [-0.2, 0) is 17.8 Å². The van der Waals surface area contributed by atoms with Crippen LogP contribution in [0.5, 0.6) is 0 Å². The first-order valence-corrected chi connectivity index (χ1v) is 7.68. The van der Waals surface area contributed by atoms with Gasteiger partial charge in [0.1, 0.15) is 5.60 Å². The minimum atomic E-state index is -0.451. The molecule has 3 rings (SSSR count). The van der Waals surface area contributed by atoms with Gasteiger partial charge < -0.3 is 10.1 Å². The molecule has 2 aliphatic heterocycles. The van der Waals surface area contributed by atoms with E-state index in [1.807, 2.05) is 27.0 Å². The van der Waals surface area contributed by atoms with Crippen molar-refractivity contribution in [3.05, 3.63) is 17.5 Å². The van der Waals surface area contributed by atoms with Crippen molar-refractivity contribution in [3.63, 3.8) is 0 Å². The summed E-state index contributed by atoms with van der Waals surface area (Å²) in [6, 6.07) is 0.452. The quantitative estimate of drug-likeness (QED) is 0.860. The average molecular weight is 292 g/mol. The van der Waals surface area contributed by atoms with Crippen molar-refractivity contribution in [3.8, 4) is 0 Å². The molecule has 6 nitrogen and oxygen atoms in total. The Balaban J connectivity index is 1.70. The van der Waals surface area contributed by atoms with Crippen molar-refractivity contribution < 1.29 is 9.53 Å². The molecule has 116 valence electrons. The fourth-order valence-electron chi connectivity index (χ4n) is 2.99. The normalized spacial score (nSPS) is 19.7. The fourth-order valence-corrected chi connectivity index (χ4v) is 2.99. The molecule has 0 aromatic carbocycles. The first-order valence-electron chi connectivity index (χ1n) is 7.68. The minimum Gasteiger partial charge on any atom is -0.444 e. The number of carbonyl (C=O) groups excluding carboxylic acids is 1. The molecule has 0 radical (unpaired) electrons. The van der Waals surface area contributed by atoms with Gasteiger partial charge in [-0.15, -0.1) is 0 Å². The van der Waals surface area contributed by atoms with Gasteiger partial charge >= 0.3 is 6.09 Å². The second kappa shape index (κ2) is 5.33. The molecule has 1 aromatic heterocycles. The van der Waals surface area contributed by atoms with Crippen LogP contribution in [0.1, 0.15) is 50.9 Å². The summed E-state index contributed by atoms with van der Waals surface area (Å²) in [4.78, 5) is 13.9. The fraction of sp³-hybridized carbons (Fsp3) is 0.733. The Bertz CT molecular complexity index is 526. The molecular formula is C15H24N4O2. The van der Waals surface area contributed by atoms with E-state index in [4.69, 9.17) is 4.74 Å². The molecule has 1 N–H and O–H groups in total. The van der Waals surface area contributed by atoms with Gasteiger partial charge in [0, 0.05) is 5.56 Å². The van der Waals surface area contributed by atoms with Crippen LogP contribution in [-0.4, -0.2) is 39.5 Å². The van der Waals surface area contributed by atoms with Crippen molar-refractivity contribution in [2.45, 2.75) is 58.3 Å². The number of amides is 1. The Hall–Kier alpha value is -1.56. The summed E-state index contributed by atoms with van der Waals surface area (Å²) in [6.45, 7) is 8.97. The molecular weight excluding hydrogens is 268 g/mol. The molecule has 0 aliphatic carbocycles. The number of hydrogen-bond donors (Lipinski definition) is 1. The Morgan fingerprint density at radius 1 is 1.33 bits per heavy atom. The monoisotopic (exact) mass is 292 g/mol. The van der Waals surface area contributed by atoms with Gasteiger partial charge in [-0.25, -0.2) is 4.79 Å². The molecule has 0 spiro atoms. The topological polar surface area (TPSA) is 59.4 Å². The molecule has 1 amide bonds. The number of hydrogen-bond acceptors (Lipinski definition) is 4. The van der Waals surface area contributed by atoms with E-state index >= 15 is 0 Å². The number of piperidine rings is 1. The number of nitrogens with one attached hydrogen (secondary N) is 1. The first kappa shape index (κ1) is 14.4. The van der Waals surface area contributed by atoms with Gasteiger partial charge in [0.2, 0.25) is 0 Å². The molecule has 0 atom stereocenters. The standard InChI is InChI=1S/C15H24N4O2/c1-15(2,3)21-14(20)18-9-11-8-17-19(13(11)10-18)12-4-6-16-7-5-12/h8,12,16H,4-7,9-10H2,1-3H3. The molecule has 2 aliphatic rings. The third-order valence-electron chi connectivity index (χ3n) is 3.99. The zero-order chi connectivity index (χ0) is 15.0. The second-order valence-electron chi connectivity index (χ2n) is 6.88. The summed E-state index contributed by atoms with van der Waals surface area (Å²) in [5.41, 5.74) is 1.87. The average Bonchev–Trinajstić information content (AvgIpc) is 2.97. The Kier molecular flexibility index (Phi) is 3.65. The van der Waals surface area contributed by atoms with Crippen LogP contribution in [0, 0.1) is 0 Å². The highest BCUT2D eigenvalue weighted by Crippen LogP contribution is 2.29. The number of carbonyl (C=O) groups is 1. The van der Waals surface area contributed by atoms with Gasteiger partial charge in [0.15, 0.2) is 0 Å². The van der Waals surface area contributed by atoms with E-state index in [0.717, 1.165) is 31.5 Å². The number of aromatic nitrogens is 2. The van der Waals surface area contributed by atoms with E-state index in [1.165, 1.54) is 5.69 Å². The largest absolute Gasteiger partial charge is 0.444 e. The van der Waals surface area contributed by atoms with Crippen LogP contribution in [0.3, 0.4) is 0 Å². The van der Waals surface area contributed by atoms with Crippen LogP contribution >= 0.6 is 0 Å². The summed E-state index contributed by atoms with van der Waals surface area (Å²) in [5, 5.41) is 7.91.